The van der Waals surface area contributed by atoms with Crippen molar-refractivity contribution in [2.75, 3.05) is 30.4 Å². The van der Waals surface area contributed by atoms with Crippen LogP contribution in [0.25, 0.3) is 5.65 Å². The van der Waals surface area contributed by atoms with E-state index >= 15 is 0 Å². The highest BCUT2D eigenvalue weighted by molar-refractivity contribution is 5.93. The molecular weight excluding hydrogens is 344 g/mol. The van der Waals surface area contributed by atoms with E-state index in [4.69, 9.17) is 4.74 Å². The van der Waals surface area contributed by atoms with Gasteiger partial charge in [-0.15, -0.1) is 15.3 Å². The van der Waals surface area contributed by atoms with Crippen molar-refractivity contribution >= 4 is 23.1 Å². The first kappa shape index (κ1) is 17.3. The van der Waals surface area contributed by atoms with Gasteiger partial charge in [0.05, 0.1) is 13.0 Å². The third kappa shape index (κ3) is 3.55. The lowest BCUT2D eigenvalue weighted by atomic mass is 9.97. The summed E-state index contributed by atoms with van der Waals surface area (Å²) in [5.41, 5.74) is 1.50. The predicted molar refractivity (Wildman–Crippen MR) is 102 cm³/mol. The van der Waals surface area contributed by atoms with Crippen LogP contribution < -0.4 is 15.0 Å². The number of nitrogens with one attached hydrogen (secondary N) is 1. The molecule has 3 heterocycles. The van der Waals surface area contributed by atoms with Crippen LogP contribution >= 0.6 is 0 Å². The zero-order valence-corrected chi connectivity index (χ0v) is 15.4. The molecule has 140 valence electrons. The van der Waals surface area contributed by atoms with Crippen molar-refractivity contribution in [1.82, 2.24) is 19.8 Å². The van der Waals surface area contributed by atoms with Crippen LogP contribution in [0, 0.1) is 12.8 Å². The normalized spacial score (nSPS) is 17.1. The minimum Gasteiger partial charge on any atom is -0.497 e. The molecule has 8 heteroatoms. The van der Waals surface area contributed by atoms with Crippen molar-refractivity contribution in [2.45, 2.75) is 19.8 Å². The zero-order chi connectivity index (χ0) is 18.8. The largest absolute Gasteiger partial charge is 0.497 e. The summed E-state index contributed by atoms with van der Waals surface area (Å²) < 4.78 is 6.88. The first-order valence-electron chi connectivity index (χ1n) is 9.03. The van der Waals surface area contributed by atoms with Crippen LogP contribution in [-0.4, -0.2) is 45.9 Å². The van der Waals surface area contributed by atoms with Gasteiger partial charge < -0.3 is 15.0 Å². The van der Waals surface area contributed by atoms with Gasteiger partial charge in [-0.05, 0) is 56.2 Å². The van der Waals surface area contributed by atoms with Crippen LogP contribution in [-0.2, 0) is 4.79 Å². The zero-order valence-electron chi connectivity index (χ0n) is 15.4. The standard InChI is InChI=1S/C19H22N6O2/c1-13-21-22-17-9-10-18(23-25(13)17)24-11-3-4-14(12-24)19(26)20-15-5-7-16(27-2)8-6-15/h5-10,14H,3-4,11-12H2,1-2H3,(H,20,26)/t14-/m0/s1. The van der Waals surface area contributed by atoms with Gasteiger partial charge in [0.1, 0.15) is 11.6 Å². The fraction of sp³-hybridized carbons (Fsp3) is 0.368. The molecule has 1 aliphatic rings. The number of amides is 1. The van der Waals surface area contributed by atoms with Crippen LogP contribution in [0.3, 0.4) is 0 Å². The number of fused-ring (bicyclic) bond motifs is 1. The molecular formula is C19H22N6O2. The second-order valence-corrected chi connectivity index (χ2v) is 6.71. The number of aryl methyl sites for hydroxylation is 1. The quantitative estimate of drug-likeness (QED) is 0.763. The minimum atomic E-state index is -0.0830. The molecule has 2 aromatic heterocycles. The number of carbonyl (C=O) groups excluding carboxylic acids is 1. The van der Waals surface area contributed by atoms with Crippen molar-refractivity contribution in [3.63, 3.8) is 0 Å². The Morgan fingerprint density at radius 1 is 1.19 bits per heavy atom. The Balaban J connectivity index is 1.46. The first-order chi connectivity index (χ1) is 13.1. The molecule has 8 nitrogen and oxygen atoms in total. The summed E-state index contributed by atoms with van der Waals surface area (Å²) in [4.78, 5) is 14.9. The van der Waals surface area contributed by atoms with E-state index in [1.165, 1.54) is 0 Å². The van der Waals surface area contributed by atoms with Crippen LogP contribution in [0.1, 0.15) is 18.7 Å². The average molecular weight is 366 g/mol. The van der Waals surface area contributed by atoms with E-state index in [0.717, 1.165) is 48.1 Å². The van der Waals surface area contributed by atoms with Gasteiger partial charge in [0.25, 0.3) is 0 Å². The predicted octanol–water partition coefficient (Wildman–Crippen LogP) is 2.30. The number of aromatic nitrogens is 4. The lowest BCUT2D eigenvalue weighted by molar-refractivity contribution is -0.120. The van der Waals surface area contributed by atoms with E-state index < -0.39 is 0 Å². The number of ether oxygens (including phenoxy) is 1. The fourth-order valence-corrected chi connectivity index (χ4v) is 3.37. The van der Waals surface area contributed by atoms with Crippen LogP contribution in [0.5, 0.6) is 5.75 Å². The van der Waals surface area contributed by atoms with E-state index in [2.05, 4.69) is 25.5 Å². The Kier molecular flexibility index (Phi) is 4.62. The second kappa shape index (κ2) is 7.22. The molecule has 1 saturated heterocycles. The Labute approximate surface area is 157 Å². The molecule has 27 heavy (non-hydrogen) atoms. The average Bonchev–Trinajstić information content (AvgIpc) is 3.09. The van der Waals surface area contributed by atoms with Gasteiger partial charge >= 0.3 is 0 Å². The first-order valence-corrected chi connectivity index (χ1v) is 9.03. The molecule has 1 aliphatic heterocycles. The number of hydrogen-bond donors (Lipinski definition) is 1. The van der Waals surface area contributed by atoms with Crippen LogP contribution in [0.4, 0.5) is 11.5 Å². The van der Waals surface area contributed by atoms with E-state index in [-0.39, 0.29) is 11.8 Å². The van der Waals surface area contributed by atoms with Gasteiger partial charge in [0.15, 0.2) is 11.5 Å². The number of nitrogens with zero attached hydrogens (tertiary/aromatic N) is 5. The van der Waals surface area contributed by atoms with Crippen molar-refractivity contribution < 1.29 is 9.53 Å². The van der Waals surface area contributed by atoms with Gasteiger partial charge in [0, 0.05) is 18.8 Å². The summed E-state index contributed by atoms with van der Waals surface area (Å²) in [6, 6.07) is 11.2. The topological polar surface area (TPSA) is 84.6 Å². The molecule has 1 aromatic carbocycles. The Bertz CT molecular complexity index is 952. The summed E-state index contributed by atoms with van der Waals surface area (Å²) in [6.07, 6.45) is 1.81. The smallest absolute Gasteiger partial charge is 0.229 e. The lowest BCUT2D eigenvalue weighted by Crippen LogP contribution is -2.41. The van der Waals surface area contributed by atoms with E-state index in [1.807, 2.05) is 43.3 Å². The number of hydrogen-bond acceptors (Lipinski definition) is 6. The van der Waals surface area contributed by atoms with Gasteiger partial charge in [-0.3, -0.25) is 4.79 Å². The number of piperidine rings is 1. The molecule has 1 amide bonds. The summed E-state index contributed by atoms with van der Waals surface area (Å²) in [5, 5.41) is 15.7. The number of rotatable bonds is 4. The van der Waals surface area contributed by atoms with E-state index in [9.17, 15) is 4.79 Å². The fourth-order valence-electron chi connectivity index (χ4n) is 3.37. The summed E-state index contributed by atoms with van der Waals surface area (Å²) >= 11 is 0. The number of methoxy groups -OCH3 is 1. The van der Waals surface area contributed by atoms with Crippen molar-refractivity contribution in [1.29, 1.82) is 0 Å². The molecule has 3 aromatic rings. The maximum Gasteiger partial charge on any atom is 0.229 e. The van der Waals surface area contributed by atoms with Gasteiger partial charge in [-0.25, -0.2) is 0 Å². The number of carbonyl (C=O) groups is 1. The monoisotopic (exact) mass is 366 g/mol. The summed E-state index contributed by atoms with van der Waals surface area (Å²) in [5.74, 6) is 2.30. The van der Waals surface area contributed by atoms with Crippen LogP contribution in [0.2, 0.25) is 0 Å². The number of benzene rings is 1. The molecule has 0 aliphatic carbocycles. The Morgan fingerprint density at radius 2 is 2.00 bits per heavy atom. The molecule has 4 rings (SSSR count). The van der Waals surface area contributed by atoms with Crippen LogP contribution in [0.15, 0.2) is 36.4 Å². The molecule has 1 fully saturated rings. The number of anilines is 2. The third-order valence-electron chi connectivity index (χ3n) is 4.88. The van der Waals surface area contributed by atoms with Gasteiger partial charge in [-0.1, -0.05) is 0 Å². The molecule has 0 saturated carbocycles. The van der Waals surface area contributed by atoms with Gasteiger partial charge in [-0.2, -0.15) is 4.52 Å². The Morgan fingerprint density at radius 3 is 2.78 bits per heavy atom. The molecule has 1 N–H and O–H groups in total. The summed E-state index contributed by atoms with van der Waals surface area (Å²) in [7, 11) is 1.62. The maximum atomic E-state index is 12.7. The summed E-state index contributed by atoms with van der Waals surface area (Å²) in [6.45, 7) is 3.39. The maximum absolute atomic E-state index is 12.7. The molecule has 0 bridgehead atoms. The van der Waals surface area contributed by atoms with Crippen molar-refractivity contribution in [3.05, 3.63) is 42.2 Å². The highest BCUT2D eigenvalue weighted by Gasteiger charge is 2.27. The molecule has 0 spiro atoms. The highest BCUT2D eigenvalue weighted by atomic mass is 16.5. The van der Waals surface area contributed by atoms with Gasteiger partial charge in [0.2, 0.25) is 5.91 Å². The lowest BCUT2D eigenvalue weighted by Gasteiger charge is -2.32. The SMILES string of the molecule is COc1ccc(NC(=O)[C@H]2CCCN(c3ccc4nnc(C)n4n3)C2)cc1. The van der Waals surface area contributed by atoms with E-state index in [1.54, 1.807) is 11.6 Å². The third-order valence-corrected chi connectivity index (χ3v) is 4.88. The highest BCUT2D eigenvalue weighted by Crippen LogP contribution is 2.24. The van der Waals surface area contributed by atoms with E-state index in [0.29, 0.717) is 6.54 Å². The molecule has 1 atom stereocenters. The Hall–Kier alpha value is -3.16. The molecule has 0 unspecified atom stereocenters. The second-order valence-electron chi connectivity index (χ2n) is 6.71. The van der Waals surface area contributed by atoms with Crippen molar-refractivity contribution in [3.8, 4) is 5.75 Å². The molecule has 0 radical (unpaired) electrons. The minimum absolute atomic E-state index is 0.0337. The van der Waals surface area contributed by atoms with Crippen molar-refractivity contribution in [2.24, 2.45) is 5.92 Å².